The molecule has 4 rings (SSSR count). The van der Waals surface area contributed by atoms with Gasteiger partial charge >= 0.3 is 0 Å². The molecular formula is C21H20N4O4. The second-order valence-electron chi connectivity index (χ2n) is 6.16. The van der Waals surface area contributed by atoms with Crippen molar-refractivity contribution in [1.29, 1.82) is 0 Å². The Morgan fingerprint density at radius 2 is 1.83 bits per heavy atom. The predicted molar refractivity (Wildman–Crippen MR) is 108 cm³/mol. The predicted octanol–water partition coefficient (Wildman–Crippen LogP) is 3.64. The highest BCUT2D eigenvalue weighted by molar-refractivity contribution is 6.04. The van der Waals surface area contributed by atoms with Crippen LogP contribution in [-0.2, 0) is 0 Å². The standard InChI is InChI=1S/C21H20N4O4/c1-2-27-17-6-4-3-5-16(17)25-20(26)14-12-22-21(23-13-14)24-15-7-8-18-19(11-15)29-10-9-28-18/h3-8,11-13H,2,9-10H2,1H3,(H,25,26)(H,22,23,24). The second-order valence-corrected chi connectivity index (χ2v) is 6.16. The molecule has 0 unspecified atom stereocenters. The van der Waals surface area contributed by atoms with Crippen LogP contribution in [0.25, 0.3) is 0 Å². The molecule has 0 bridgehead atoms. The van der Waals surface area contributed by atoms with Gasteiger partial charge in [0.05, 0.1) is 17.9 Å². The monoisotopic (exact) mass is 392 g/mol. The maximum Gasteiger partial charge on any atom is 0.258 e. The highest BCUT2D eigenvalue weighted by atomic mass is 16.6. The second kappa shape index (κ2) is 8.47. The number of amides is 1. The molecule has 148 valence electrons. The van der Waals surface area contributed by atoms with Crippen LogP contribution < -0.4 is 24.8 Å². The highest BCUT2D eigenvalue weighted by Gasteiger charge is 2.13. The van der Waals surface area contributed by atoms with E-state index in [1.807, 2.05) is 37.3 Å². The van der Waals surface area contributed by atoms with Crippen LogP contribution in [-0.4, -0.2) is 35.7 Å². The highest BCUT2D eigenvalue weighted by Crippen LogP contribution is 2.33. The van der Waals surface area contributed by atoms with E-state index in [1.54, 1.807) is 12.1 Å². The third kappa shape index (κ3) is 4.37. The number of rotatable bonds is 6. The Bertz CT molecular complexity index is 1010. The molecule has 0 saturated carbocycles. The lowest BCUT2D eigenvalue weighted by Gasteiger charge is -2.19. The largest absolute Gasteiger partial charge is 0.492 e. The summed E-state index contributed by atoms with van der Waals surface area (Å²) in [5, 5.41) is 5.91. The first-order valence-corrected chi connectivity index (χ1v) is 9.25. The number of aromatic nitrogens is 2. The van der Waals surface area contributed by atoms with Crippen molar-refractivity contribution in [1.82, 2.24) is 9.97 Å². The van der Waals surface area contributed by atoms with Crippen molar-refractivity contribution in [2.75, 3.05) is 30.5 Å². The van der Waals surface area contributed by atoms with Crippen molar-refractivity contribution in [2.45, 2.75) is 6.92 Å². The van der Waals surface area contributed by atoms with Crippen molar-refractivity contribution in [3.05, 3.63) is 60.4 Å². The van der Waals surface area contributed by atoms with Gasteiger partial charge in [0.2, 0.25) is 5.95 Å². The molecule has 1 aliphatic heterocycles. The Labute approximate surface area is 167 Å². The Hall–Kier alpha value is -3.81. The summed E-state index contributed by atoms with van der Waals surface area (Å²) in [4.78, 5) is 20.9. The quantitative estimate of drug-likeness (QED) is 0.661. The molecule has 2 heterocycles. The van der Waals surface area contributed by atoms with Crippen LogP contribution in [0.5, 0.6) is 17.2 Å². The van der Waals surface area contributed by atoms with E-state index in [2.05, 4.69) is 20.6 Å². The smallest absolute Gasteiger partial charge is 0.258 e. The summed E-state index contributed by atoms with van der Waals surface area (Å²) >= 11 is 0. The molecule has 8 nitrogen and oxygen atoms in total. The van der Waals surface area contributed by atoms with Crippen LogP contribution in [0.3, 0.4) is 0 Å². The molecule has 1 amide bonds. The van der Waals surface area contributed by atoms with Crippen LogP contribution in [0.4, 0.5) is 17.3 Å². The molecule has 0 fully saturated rings. The average Bonchev–Trinajstić information content (AvgIpc) is 2.76. The molecule has 2 N–H and O–H groups in total. The van der Waals surface area contributed by atoms with Crippen molar-refractivity contribution < 1.29 is 19.0 Å². The lowest BCUT2D eigenvalue weighted by atomic mass is 10.2. The fourth-order valence-corrected chi connectivity index (χ4v) is 2.81. The summed E-state index contributed by atoms with van der Waals surface area (Å²) in [7, 11) is 0. The van der Waals surface area contributed by atoms with Crippen LogP contribution in [0, 0.1) is 0 Å². The molecule has 0 saturated heterocycles. The Morgan fingerprint density at radius 1 is 1.07 bits per heavy atom. The van der Waals surface area contributed by atoms with Gasteiger partial charge in [-0.25, -0.2) is 9.97 Å². The van der Waals surface area contributed by atoms with Crippen molar-refractivity contribution in [2.24, 2.45) is 0 Å². The normalized spacial score (nSPS) is 12.2. The summed E-state index contributed by atoms with van der Waals surface area (Å²) in [5.41, 5.74) is 1.69. The number of carbonyl (C=O) groups is 1. The zero-order chi connectivity index (χ0) is 20.1. The number of nitrogens with one attached hydrogen (secondary N) is 2. The van der Waals surface area contributed by atoms with E-state index >= 15 is 0 Å². The molecular weight excluding hydrogens is 372 g/mol. The summed E-state index contributed by atoms with van der Waals surface area (Å²) < 4.78 is 16.6. The third-order valence-corrected chi connectivity index (χ3v) is 4.15. The van der Waals surface area contributed by atoms with Crippen LogP contribution in [0.1, 0.15) is 17.3 Å². The summed E-state index contributed by atoms with van der Waals surface area (Å²) in [6, 6.07) is 12.8. The van der Waals surface area contributed by atoms with E-state index in [0.29, 0.717) is 54.3 Å². The van der Waals surface area contributed by atoms with E-state index in [9.17, 15) is 4.79 Å². The van der Waals surface area contributed by atoms with Crippen molar-refractivity contribution >= 4 is 23.2 Å². The topological polar surface area (TPSA) is 94.6 Å². The zero-order valence-corrected chi connectivity index (χ0v) is 15.8. The van der Waals surface area contributed by atoms with E-state index in [4.69, 9.17) is 14.2 Å². The van der Waals surface area contributed by atoms with Gasteiger partial charge in [-0.3, -0.25) is 4.79 Å². The Kier molecular flexibility index (Phi) is 5.42. The summed E-state index contributed by atoms with van der Waals surface area (Å²) in [6.07, 6.45) is 2.93. The number of anilines is 3. The first-order chi connectivity index (χ1) is 14.2. The molecule has 1 aromatic heterocycles. The van der Waals surface area contributed by atoms with Gasteiger partial charge in [0.15, 0.2) is 11.5 Å². The van der Waals surface area contributed by atoms with E-state index < -0.39 is 0 Å². The van der Waals surface area contributed by atoms with Gasteiger partial charge in [0.1, 0.15) is 19.0 Å². The van der Waals surface area contributed by atoms with Crippen LogP contribution >= 0.6 is 0 Å². The molecule has 3 aromatic rings. The minimum Gasteiger partial charge on any atom is -0.492 e. The van der Waals surface area contributed by atoms with Gasteiger partial charge in [0, 0.05) is 24.1 Å². The minimum atomic E-state index is -0.317. The maximum absolute atomic E-state index is 12.5. The molecule has 0 radical (unpaired) electrons. The number of hydrogen-bond acceptors (Lipinski definition) is 7. The average molecular weight is 392 g/mol. The number of benzene rings is 2. The summed E-state index contributed by atoms with van der Waals surface area (Å²) in [5.74, 6) is 2.05. The third-order valence-electron chi connectivity index (χ3n) is 4.15. The van der Waals surface area contributed by atoms with E-state index in [-0.39, 0.29) is 5.91 Å². The fraction of sp³-hybridized carbons (Fsp3) is 0.190. The van der Waals surface area contributed by atoms with Gasteiger partial charge in [-0.15, -0.1) is 0 Å². The SMILES string of the molecule is CCOc1ccccc1NC(=O)c1cnc(Nc2ccc3c(c2)OCCO3)nc1. The lowest BCUT2D eigenvalue weighted by molar-refractivity contribution is 0.102. The number of carbonyl (C=O) groups excluding carboxylic acids is 1. The number of fused-ring (bicyclic) bond motifs is 1. The first kappa shape index (κ1) is 18.5. The fourth-order valence-electron chi connectivity index (χ4n) is 2.81. The molecule has 2 aromatic carbocycles. The van der Waals surface area contributed by atoms with Gasteiger partial charge in [0.25, 0.3) is 5.91 Å². The molecule has 29 heavy (non-hydrogen) atoms. The Balaban J connectivity index is 1.43. The van der Waals surface area contributed by atoms with E-state index in [0.717, 1.165) is 5.69 Å². The molecule has 0 atom stereocenters. The number of para-hydroxylation sites is 2. The van der Waals surface area contributed by atoms with Crippen LogP contribution in [0.2, 0.25) is 0 Å². The van der Waals surface area contributed by atoms with Crippen molar-refractivity contribution in [3.8, 4) is 17.2 Å². The molecule has 8 heteroatoms. The zero-order valence-electron chi connectivity index (χ0n) is 15.8. The van der Waals surface area contributed by atoms with Gasteiger partial charge in [-0.1, -0.05) is 12.1 Å². The first-order valence-electron chi connectivity index (χ1n) is 9.25. The van der Waals surface area contributed by atoms with E-state index in [1.165, 1.54) is 12.4 Å². The molecule has 1 aliphatic rings. The number of hydrogen-bond donors (Lipinski definition) is 2. The number of nitrogens with zero attached hydrogens (tertiary/aromatic N) is 2. The summed E-state index contributed by atoms with van der Waals surface area (Å²) in [6.45, 7) is 3.46. The maximum atomic E-state index is 12.5. The molecule has 0 spiro atoms. The number of ether oxygens (including phenoxy) is 3. The van der Waals surface area contributed by atoms with Gasteiger partial charge < -0.3 is 24.8 Å². The van der Waals surface area contributed by atoms with Crippen LogP contribution in [0.15, 0.2) is 54.9 Å². The van der Waals surface area contributed by atoms with Gasteiger partial charge in [-0.05, 0) is 31.2 Å². The Morgan fingerprint density at radius 3 is 2.62 bits per heavy atom. The van der Waals surface area contributed by atoms with Gasteiger partial charge in [-0.2, -0.15) is 0 Å². The van der Waals surface area contributed by atoms with Crippen molar-refractivity contribution in [3.63, 3.8) is 0 Å². The minimum absolute atomic E-state index is 0.317. The lowest BCUT2D eigenvalue weighted by Crippen LogP contribution is -2.15. The molecule has 0 aliphatic carbocycles.